The first-order valence-corrected chi connectivity index (χ1v) is 4.71. The van der Waals surface area contributed by atoms with Gasteiger partial charge < -0.3 is 0 Å². The lowest BCUT2D eigenvalue weighted by atomic mass is 9.77. The summed E-state index contributed by atoms with van der Waals surface area (Å²) in [6.45, 7) is 2.34. The highest BCUT2D eigenvalue weighted by Gasteiger charge is 2.23. The van der Waals surface area contributed by atoms with Gasteiger partial charge in [0.25, 0.3) is 0 Å². The van der Waals surface area contributed by atoms with E-state index in [1.54, 1.807) is 0 Å². The van der Waals surface area contributed by atoms with Crippen molar-refractivity contribution >= 4 is 11.8 Å². The smallest absolute Gasteiger partial charge is 0.00417 e. The van der Waals surface area contributed by atoms with E-state index < -0.39 is 0 Å². The SMILES string of the molecule is CSCC1CC(C)C1. The molecule has 0 spiro atoms. The van der Waals surface area contributed by atoms with Crippen LogP contribution in [0.5, 0.6) is 0 Å². The minimum atomic E-state index is 1.03. The molecule has 1 aliphatic carbocycles. The Hall–Kier alpha value is 0.350. The molecule has 0 amide bonds. The molecular weight excluding hydrogens is 116 g/mol. The van der Waals surface area contributed by atoms with Crippen LogP contribution in [0, 0.1) is 11.8 Å². The molecule has 1 saturated carbocycles. The Kier molecular flexibility index (Phi) is 2.24. The maximum atomic E-state index is 2.34. The van der Waals surface area contributed by atoms with Crippen LogP contribution in [0.2, 0.25) is 0 Å². The molecule has 0 heterocycles. The van der Waals surface area contributed by atoms with Crippen molar-refractivity contribution in [3.05, 3.63) is 0 Å². The van der Waals surface area contributed by atoms with Crippen molar-refractivity contribution in [2.24, 2.45) is 11.8 Å². The van der Waals surface area contributed by atoms with Gasteiger partial charge in [0.15, 0.2) is 0 Å². The van der Waals surface area contributed by atoms with Crippen LogP contribution in [0.4, 0.5) is 0 Å². The Bertz CT molecular complexity index is 62.0. The predicted octanol–water partition coefficient (Wildman–Crippen LogP) is 2.40. The fourth-order valence-corrected chi connectivity index (χ4v) is 2.18. The van der Waals surface area contributed by atoms with Crippen molar-refractivity contribution in [2.75, 3.05) is 12.0 Å². The van der Waals surface area contributed by atoms with Crippen molar-refractivity contribution < 1.29 is 0 Å². The Morgan fingerprint density at radius 1 is 1.50 bits per heavy atom. The van der Waals surface area contributed by atoms with Crippen LogP contribution in [0.3, 0.4) is 0 Å². The maximum Gasteiger partial charge on any atom is -0.00417 e. The molecule has 0 saturated heterocycles. The lowest BCUT2D eigenvalue weighted by Gasteiger charge is -2.31. The summed E-state index contributed by atoms with van der Waals surface area (Å²) in [6.07, 6.45) is 5.17. The van der Waals surface area contributed by atoms with Crippen molar-refractivity contribution in [1.82, 2.24) is 0 Å². The molecule has 0 aromatic carbocycles. The summed E-state index contributed by atoms with van der Waals surface area (Å²) >= 11 is 1.99. The molecule has 1 aliphatic rings. The molecule has 1 heteroatoms. The molecular formula is C7H14S. The summed E-state index contributed by atoms with van der Waals surface area (Å²) in [4.78, 5) is 0. The highest BCUT2D eigenvalue weighted by Crippen LogP contribution is 2.34. The van der Waals surface area contributed by atoms with Gasteiger partial charge in [-0.2, -0.15) is 11.8 Å². The number of hydrogen-bond donors (Lipinski definition) is 0. The topological polar surface area (TPSA) is 0 Å². The summed E-state index contributed by atoms with van der Waals surface area (Å²) in [5.41, 5.74) is 0. The van der Waals surface area contributed by atoms with Gasteiger partial charge in [0.2, 0.25) is 0 Å². The van der Waals surface area contributed by atoms with Crippen molar-refractivity contribution in [2.45, 2.75) is 19.8 Å². The van der Waals surface area contributed by atoms with Gasteiger partial charge in [-0.05, 0) is 36.7 Å². The van der Waals surface area contributed by atoms with Crippen molar-refractivity contribution in [3.63, 3.8) is 0 Å². The van der Waals surface area contributed by atoms with Crippen LogP contribution in [-0.4, -0.2) is 12.0 Å². The molecule has 0 bridgehead atoms. The van der Waals surface area contributed by atoms with E-state index in [4.69, 9.17) is 0 Å². The van der Waals surface area contributed by atoms with Crippen LogP contribution in [0.15, 0.2) is 0 Å². The lowest BCUT2D eigenvalue weighted by Crippen LogP contribution is -2.22. The predicted molar refractivity (Wildman–Crippen MR) is 40.3 cm³/mol. The second-order valence-corrected chi connectivity index (χ2v) is 3.81. The second-order valence-electron chi connectivity index (χ2n) is 2.90. The lowest BCUT2D eigenvalue weighted by molar-refractivity contribution is 0.238. The Balaban J connectivity index is 1.98. The summed E-state index contributed by atoms with van der Waals surface area (Å²) in [5.74, 6) is 3.50. The molecule has 0 aromatic heterocycles. The van der Waals surface area contributed by atoms with Gasteiger partial charge >= 0.3 is 0 Å². The van der Waals surface area contributed by atoms with Gasteiger partial charge in [0.1, 0.15) is 0 Å². The highest BCUT2D eigenvalue weighted by atomic mass is 32.2. The van der Waals surface area contributed by atoms with E-state index in [0.717, 1.165) is 11.8 Å². The fraction of sp³-hybridized carbons (Fsp3) is 1.00. The van der Waals surface area contributed by atoms with Gasteiger partial charge in [0, 0.05) is 0 Å². The van der Waals surface area contributed by atoms with E-state index in [9.17, 15) is 0 Å². The maximum absolute atomic E-state index is 2.34. The van der Waals surface area contributed by atoms with E-state index in [1.807, 2.05) is 11.8 Å². The van der Waals surface area contributed by atoms with Crippen LogP contribution >= 0.6 is 11.8 Å². The third-order valence-electron chi connectivity index (χ3n) is 1.87. The van der Waals surface area contributed by atoms with Gasteiger partial charge in [-0.25, -0.2) is 0 Å². The van der Waals surface area contributed by atoms with Gasteiger partial charge in [-0.15, -0.1) is 0 Å². The molecule has 1 rings (SSSR count). The largest absolute Gasteiger partial charge is 0.165 e. The highest BCUT2D eigenvalue weighted by molar-refractivity contribution is 7.98. The zero-order valence-corrected chi connectivity index (χ0v) is 6.50. The zero-order chi connectivity index (χ0) is 5.98. The standard InChI is InChI=1S/C7H14S/c1-6-3-7(4-6)5-8-2/h6-7H,3-5H2,1-2H3. The van der Waals surface area contributed by atoms with Crippen LogP contribution < -0.4 is 0 Å². The third kappa shape index (κ3) is 1.41. The molecule has 0 nitrogen and oxygen atoms in total. The summed E-state index contributed by atoms with van der Waals surface area (Å²) in [5, 5.41) is 0. The van der Waals surface area contributed by atoms with E-state index in [-0.39, 0.29) is 0 Å². The van der Waals surface area contributed by atoms with Gasteiger partial charge in [-0.3, -0.25) is 0 Å². The minimum Gasteiger partial charge on any atom is -0.165 e. The van der Waals surface area contributed by atoms with Crippen molar-refractivity contribution in [1.29, 1.82) is 0 Å². The van der Waals surface area contributed by atoms with Crippen LogP contribution in [0.1, 0.15) is 19.8 Å². The Morgan fingerprint density at radius 2 is 2.12 bits per heavy atom. The van der Waals surface area contributed by atoms with E-state index in [2.05, 4.69) is 13.2 Å². The normalized spacial score (nSPS) is 36.8. The zero-order valence-electron chi connectivity index (χ0n) is 5.68. The van der Waals surface area contributed by atoms with E-state index in [1.165, 1.54) is 18.6 Å². The third-order valence-corrected chi connectivity index (χ3v) is 2.68. The summed E-state index contributed by atoms with van der Waals surface area (Å²) in [6, 6.07) is 0. The first kappa shape index (κ1) is 6.47. The van der Waals surface area contributed by atoms with E-state index in [0.29, 0.717) is 0 Å². The van der Waals surface area contributed by atoms with Gasteiger partial charge in [0.05, 0.1) is 0 Å². The number of rotatable bonds is 2. The molecule has 0 atom stereocenters. The molecule has 48 valence electrons. The molecule has 0 radical (unpaired) electrons. The van der Waals surface area contributed by atoms with Gasteiger partial charge in [-0.1, -0.05) is 6.92 Å². The number of hydrogen-bond acceptors (Lipinski definition) is 1. The first-order chi connectivity index (χ1) is 3.83. The van der Waals surface area contributed by atoms with E-state index >= 15 is 0 Å². The average molecular weight is 130 g/mol. The monoisotopic (exact) mass is 130 g/mol. The molecule has 0 unspecified atom stereocenters. The molecule has 1 fully saturated rings. The number of thioether (sulfide) groups is 1. The fourth-order valence-electron chi connectivity index (χ4n) is 1.44. The second kappa shape index (κ2) is 2.77. The quantitative estimate of drug-likeness (QED) is 0.553. The minimum absolute atomic E-state index is 1.03. The summed E-state index contributed by atoms with van der Waals surface area (Å²) in [7, 11) is 0. The molecule has 8 heavy (non-hydrogen) atoms. The van der Waals surface area contributed by atoms with Crippen molar-refractivity contribution in [3.8, 4) is 0 Å². The molecule has 0 aromatic rings. The molecule has 0 N–H and O–H groups in total. The van der Waals surface area contributed by atoms with Crippen LogP contribution in [-0.2, 0) is 0 Å². The average Bonchev–Trinajstić information content (AvgIpc) is 1.64. The van der Waals surface area contributed by atoms with Crippen LogP contribution in [0.25, 0.3) is 0 Å². The Labute approximate surface area is 56.0 Å². The molecule has 0 aliphatic heterocycles. The first-order valence-electron chi connectivity index (χ1n) is 3.32. The Morgan fingerprint density at radius 3 is 2.50 bits per heavy atom. The summed E-state index contributed by atoms with van der Waals surface area (Å²) < 4.78 is 0.